The molecule has 0 bridgehead atoms. The van der Waals surface area contributed by atoms with Crippen LogP contribution in [0.2, 0.25) is 0 Å². The van der Waals surface area contributed by atoms with Crippen LogP contribution in [0, 0.1) is 0 Å². The smallest absolute Gasteiger partial charge is 0.341 e. The molecule has 6 nitrogen and oxygen atoms in total. The third-order valence-electron chi connectivity index (χ3n) is 2.86. The molecule has 0 unspecified atom stereocenters. The van der Waals surface area contributed by atoms with Gasteiger partial charge in [0.2, 0.25) is 0 Å². The molecule has 0 spiro atoms. The van der Waals surface area contributed by atoms with Crippen molar-refractivity contribution >= 4 is 17.6 Å². The van der Waals surface area contributed by atoms with Gasteiger partial charge in [-0.1, -0.05) is 6.07 Å². The van der Waals surface area contributed by atoms with Crippen molar-refractivity contribution in [1.29, 1.82) is 0 Å². The van der Waals surface area contributed by atoms with Gasteiger partial charge in [0.1, 0.15) is 11.3 Å². The third kappa shape index (κ3) is 5.72. The zero-order valence-electron chi connectivity index (χ0n) is 12.1. The van der Waals surface area contributed by atoms with Crippen LogP contribution in [0.15, 0.2) is 18.2 Å². The van der Waals surface area contributed by atoms with Crippen LogP contribution in [-0.2, 0) is 9.53 Å². The van der Waals surface area contributed by atoms with E-state index >= 15 is 0 Å². The van der Waals surface area contributed by atoms with Crippen LogP contribution >= 0.6 is 0 Å². The first-order valence-electron chi connectivity index (χ1n) is 6.96. The Hall–Kier alpha value is -2.24. The Balaban J connectivity index is 2.32. The predicted molar refractivity (Wildman–Crippen MR) is 78.4 cm³/mol. The first-order valence-corrected chi connectivity index (χ1v) is 6.96. The maximum Gasteiger partial charge on any atom is 0.341 e. The van der Waals surface area contributed by atoms with Crippen molar-refractivity contribution in [3.63, 3.8) is 0 Å². The molecule has 0 amide bonds. The molecule has 1 rings (SSSR count). The summed E-state index contributed by atoms with van der Waals surface area (Å²) in [7, 11) is 0. The zero-order valence-corrected chi connectivity index (χ0v) is 12.1. The summed E-state index contributed by atoms with van der Waals surface area (Å²) < 4.78 is 10.3. The zero-order chi connectivity index (χ0) is 15.7. The van der Waals surface area contributed by atoms with Crippen molar-refractivity contribution in [2.75, 3.05) is 18.9 Å². The molecular formula is C15H21NO5. The fourth-order valence-electron chi connectivity index (χ4n) is 1.86. The summed E-state index contributed by atoms with van der Waals surface area (Å²) in [5.74, 6) is -1.03. The molecule has 6 heteroatoms. The summed E-state index contributed by atoms with van der Waals surface area (Å²) in [4.78, 5) is 22.2. The summed E-state index contributed by atoms with van der Waals surface area (Å²) in [5.41, 5.74) is 5.80. The lowest BCUT2D eigenvalue weighted by Crippen LogP contribution is -2.08. The highest BCUT2D eigenvalue weighted by atomic mass is 16.5. The Labute approximate surface area is 123 Å². The van der Waals surface area contributed by atoms with Crippen LogP contribution in [0.4, 0.5) is 5.69 Å². The number of benzene rings is 1. The summed E-state index contributed by atoms with van der Waals surface area (Å²) in [6, 6.07) is 4.76. The number of carbonyl (C=O) groups excluding carboxylic acids is 1. The quantitative estimate of drug-likeness (QED) is 0.412. The molecule has 21 heavy (non-hydrogen) atoms. The van der Waals surface area contributed by atoms with Gasteiger partial charge in [-0.3, -0.25) is 4.79 Å². The van der Waals surface area contributed by atoms with Crippen molar-refractivity contribution in [3.05, 3.63) is 23.8 Å². The lowest BCUT2D eigenvalue weighted by molar-refractivity contribution is -0.143. The maximum absolute atomic E-state index is 11.1. The number of aromatic carboxylic acids is 1. The number of nitrogen functional groups attached to an aromatic ring is 1. The first-order chi connectivity index (χ1) is 10.1. The van der Waals surface area contributed by atoms with E-state index < -0.39 is 5.97 Å². The minimum Gasteiger partial charge on any atom is -0.493 e. The lowest BCUT2D eigenvalue weighted by atomic mass is 10.1. The Morgan fingerprint density at radius 2 is 2.00 bits per heavy atom. The number of carbonyl (C=O) groups is 2. The summed E-state index contributed by atoms with van der Waals surface area (Å²) in [6.45, 7) is 2.55. The van der Waals surface area contributed by atoms with Crippen LogP contribution in [0.3, 0.4) is 0 Å². The Morgan fingerprint density at radius 3 is 2.67 bits per heavy atom. The minimum absolute atomic E-state index is 0.0102. The molecule has 0 aliphatic carbocycles. The number of carboxylic acids is 1. The molecule has 0 saturated carbocycles. The molecule has 0 aliphatic rings. The number of carboxylic acid groups (broad SMARTS) is 1. The van der Waals surface area contributed by atoms with Gasteiger partial charge in [0.15, 0.2) is 0 Å². The second-order valence-corrected chi connectivity index (χ2v) is 4.49. The SMILES string of the molecule is CCOC(=O)CCCCCOc1cccc(N)c1C(=O)O. The number of rotatable bonds is 9. The molecule has 1 aromatic carbocycles. The maximum atomic E-state index is 11.1. The molecule has 0 atom stereocenters. The van der Waals surface area contributed by atoms with Gasteiger partial charge in [0.05, 0.1) is 13.2 Å². The molecule has 3 N–H and O–H groups in total. The second kappa shape index (κ2) is 8.84. The average Bonchev–Trinajstić information content (AvgIpc) is 2.42. The topological polar surface area (TPSA) is 98.9 Å². The van der Waals surface area contributed by atoms with Crippen molar-refractivity contribution < 1.29 is 24.2 Å². The molecule has 0 aliphatic heterocycles. The second-order valence-electron chi connectivity index (χ2n) is 4.49. The predicted octanol–water partition coefficient (Wildman–Crippen LogP) is 2.47. The number of hydrogen-bond donors (Lipinski definition) is 2. The van der Waals surface area contributed by atoms with Crippen LogP contribution in [0.5, 0.6) is 5.75 Å². The summed E-state index contributed by atoms with van der Waals surface area (Å²) >= 11 is 0. The van der Waals surface area contributed by atoms with Crippen LogP contribution < -0.4 is 10.5 Å². The standard InChI is InChI=1S/C15H21NO5/c1-2-20-13(17)9-4-3-5-10-21-12-8-6-7-11(16)14(12)15(18)19/h6-8H,2-5,9-10,16H2,1H3,(H,18,19). The number of unbranched alkanes of at least 4 members (excludes halogenated alkanes) is 2. The molecule has 0 fully saturated rings. The molecule has 1 aromatic rings. The van der Waals surface area contributed by atoms with Gasteiger partial charge in [-0.05, 0) is 38.3 Å². The third-order valence-corrected chi connectivity index (χ3v) is 2.86. The monoisotopic (exact) mass is 295 g/mol. The Bertz CT molecular complexity index is 487. The largest absolute Gasteiger partial charge is 0.493 e. The van der Waals surface area contributed by atoms with Gasteiger partial charge >= 0.3 is 11.9 Å². The van der Waals surface area contributed by atoms with E-state index in [9.17, 15) is 9.59 Å². The summed E-state index contributed by atoms with van der Waals surface area (Å²) in [5, 5.41) is 9.09. The number of ether oxygens (including phenoxy) is 2. The number of nitrogens with two attached hydrogens (primary N) is 1. The molecule has 0 heterocycles. The van der Waals surface area contributed by atoms with E-state index in [1.807, 2.05) is 0 Å². The van der Waals surface area contributed by atoms with Crippen molar-refractivity contribution in [2.45, 2.75) is 32.6 Å². The van der Waals surface area contributed by atoms with Gasteiger partial charge in [0.25, 0.3) is 0 Å². The van der Waals surface area contributed by atoms with E-state index in [1.165, 1.54) is 6.07 Å². The van der Waals surface area contributed by atoms with Gasteiger partial charge in [-0.2, -0.15) is 0 Å². The minimum atomic E-state index is -1.11. The average molecular weight is 295 g/mol. The van der Waals surface area contributed by atoms with Gasteiger partial charge in [-0.15, -0.1) is 0 Å². The van der Waals surface area contributed by atoms with Crippen molar-refractivity contribution in [3.8, 4) is 5.75 Å². The molecule has 0 aromatic heterocycles. The van der Waals surface area contributed by atoms with E-state index in [0.717, 1.165) is 19.3 Å². The fourth-order valence-corrected chi connectivity index (χ4v) is 1.86. The van der Waals surface area contributed by atoms with Gasteiger partial charge in [0, 0.05) is 12.1 Å². The summed E-state index contributed by atoms with van der Waals surface area (Å²) in [6.07, 6.45) is 2.66. The number of anilines is 1. The van der Waals surface area contributed by atoms with Crippen LogP contribution in [-0.4, -0.2) is 30.3 Å². The fraction of sp³-hybridized carbons (Fsp3) is 0.467. The number of esters is 1. The van der Waals surface area contributed by atoms with Crippen molar-refractivity contribution in [1.82, 2.24) is 0 Å². The molecular weight excluding hydrogens is 274 g/mol. The Kier molecular flexibility index (Phi) is 7.08. The molecule has 116 valence electrons. The highest BCUT2D eigenvalue weighted by Crippen LogP contribution is 2.24. The van der Waals surface area contributed by atoms with E-state index in [0.29, 0.717) is 19.6 Å². The van der Waals surface area contributed by atoms with Gasteiger partial charge in [-0.25, -0.2) is 4.79 Å². The Morgan fingerprint density at radius 1 is 1.24 bits per heavy atom. The normalized spacial score (nSPS) is 10.1. The number of hydrogen-bond acceptors (Lipinski definition) is 5. The van der Waals surface area contributed by atoms with Crippen molar-refractivity contribution in [2.24, 2.45) is 0 Å². The van der Waals surface area contributed by atoms with E-state index in [4.69, 9.17) is 20.3 Å². The van der Waals surface area contributed by atoms with Crippen LogP contribution in [0.1, 0.15) is 43.0 Å². The highest BCUT2D eigenvalue weighted by Gasteiger charge is 2.14. The molecule has 0 saturated heterocycles. The van der Waals surface area contributed by atoms with Gasteiger partial charge < -0.3 is 20.3 Å². The van der Waals surface area contributed by atoms with E-state index in [2.05, 4.69) is 0 Å². The van der Waals surface area contributed by atoms with E-state index in [1.54, 1.807) is 19.1 Å². The van der Waals surface area contributed by atoms with Crippen LogP contribution in [0.25, 0.3) is 0 Å². The first kappa shape index (κ1) is 16.8. The lowest BCUT2D eigenvalue weighted by Gasteiger charge is -2.10. The molecule has 0 radical (unpaired) electrons. The highest BCUT2D eigenvalue weighted by molar-refractivity contribution is 5.96. The van der Waals surface area contributed by atoms with E-state index in [-0.39, 0.29) is 23.0 Å².